The van der Waals surface area contributed by atoms with E-state index in [0.717, 1.165) is 0 Å². The van der Waals surface area contributed by atoms with Crippen molar-refractivity contribution in [2.24, 2.45) is 5.41 Å². The van der Waals surface area contributed by atoms with Crippen LogP contribution in [0.2, 0.25) is 0 Å². The highest BCUT2D eigenvalue weighted by Crippen LogP contribution is 2.56. The number of hydrogen-bond acceptors (Lipinski definition) is 6. The van der Waals surface area contributed by atoms with Crippen LogP contribution in [0.1, 0.15) is 30.5 Å². The summed E-state index contributed by atoms with van der Waals surface area (Å²) in [5.41, 5.74) is -0.738. The van der Waals surface area contributed by atoms with Crippen molar-refractivity contribution >= 4 is 5.97 Å². The quantitative estimate of drug-likeness (QED) is 0.653. The highest BCUT2D eigenvalue weighted by Gasteiger charge is 2.60. The SMILES string of the molecule is O=C(OC1NCC12CC(c1nc(C(F)(F)F)no1)C2)C(F)(F)F. The zero-order chi connectivity index (χ0) is 17.0. The molecule has 1 atom stereocenters. The minimum absolute atomic E-state index is 0.190. The molecule has 1 saturated carbocycles. The number of hydrogen-bond donors (Lipinski definition) is 1. The van der Waals surface area contributed by atoms with Crippen molar-refractivity contribution in [3.8, 4) is 0 Å². The molecule has 2 heterocycles. The standard InChI is InChI=1S/C11H9F6N3O3/c12-10(13,14)6-19-5(23-20-6)4-1-9(2-4)3-18-7(9)22-8(21)11(15,16)17/h4,7,18H,1-3H2. The molecule has 0 amide bonds. The number of alkyl halides is 6. The van der Waals surface area contributed by atoms with Crippen molar-refractivity contribution in [3.05, 3.63) is 11.7 Å². The number of rotatable bonds is 2. The maximum absolute atomic E-state index is 12.4. The van der Waals surface area contributed by atoms with Crippen LogP contribution in [0.4, 0.5) is 26.3 Å². The molecule has 1 aromatic rings. The minimum atomic E-state index is -5.10. The highest BCUT2D eigenvalue weighted by molar-refractivity contribution is 5.75. The molecule has 1 aliphatic heterocycles. The van der Waals surface area contributed by atoms with Crippen LogP contribution in [0, 0.1) is 5.41 Å². The van der Waals surface area contributed by atoms with Crippen LogP contribution >= 0.6 is 0 Å². The summed E-state index contributed by atoms with van der Waals surface area (Å²) in [6.07, 6.45) is -10.6. The van der Waals surface area contributed by atoms with E-state index in [1.807, 2.05) is 0 Å². The van der Waals surface area contributed by atoms with E-state index < -0.39 is 41.7 Å². The Bertz CT molecular complexity index is 619. The number of nitrogens with zero attached hydrogens (tertiary/aromatic N) is 2. The normalized spacial score (nSPS) is 30.7. The molecule has 2 aliphatic rings. The predicted molar refractivity (Wildman–Crippen MR) is 57.6 cm³/mol. The summed E-state index contributed by atoms with van der Waals surface area (Å²) < 4.78 is 82.5. The van der Waals surface area contributed by atoms with Crippen molar-refractivity contribution in [2.75, 3.05) is 6.54 Å². The second kappa shape index (κ2) is 4.82. The fraction of sp³-hybridized carbons (Fsp3) is 0.727. The van der Waals surface area contributed by atoms with E-state index in [-0.39, 0.29) is 18.7 Å². The van der Waals surface area contributed by atoms with Gasteiger partial charge < -0.3 is 9.26 Å². The Morgan fingerprint density at radius 1 is 1.26 bits per heavy atom. The lowest BCUT2D eigenvalue weighted by atomic mass is 9.57. The van der Waals surface area contributed by atoms with Gasteiger partial charge in [-0.3, -0.25) is 5.32 Å². The first-order valence-electron chi connectivity index (χ1n) is 6.43. The van der Waals surface area contributed by atoms with Crippen LogP contribution in [0.25, 0.3) is 0 Å². The summed E-state index contributed by atoms with van der Waals surface area (Å²) in [6, 6.07) is 0. The third-order valence-electron chi connectivity index (χ3n) is 4.00. The van der Waals surface area contributed by atoms with E-state index in [2.05, 4.69) is 24.7 Å². The van der Waals surface area contributed by atoms with Gasteiger partial charge in [0.05, 0.1) is 0 Å². The van der Waals surface area contributed by atoms with Gasteiger partial charge in [0, 0.05) is 17.9 Å². The topological polar surface area (TPSA) is 77.2 Å². The summed E-state index contributed by atoms with van der Waals surface area (Å²) in [7, 11) is 0. The molecule has 6 nitrogen and oxygen atoms in total. The van der Waals surface area contributed by atoms with Crippen molar-refractivity contribution in [1.82, 2.24) is 15.5 Å². The number of nitrogens with one attached hydrogen (secondary N) is 1. The van der Waals surface area contributed by atoms with E-state index in [0.29, 0.717) is 6.54 Å². The van der Waals surface area contributed by atoms with E-state index in [1.54, 1.807) is 0 Å². The van der Waals surface area contributed by atoms with Crippen molar-refractivity contribution < 1.29 is 40.4 Å². The lowest BCUT2D eigenvalue weighted by Crippen LogP contribution is -2.69. The van der Waals surface area contributed by atoms with Gasteiger partial charge >= 0.3 is 18.3 Å². The molecule has 1 spiro atoms. The Morgan fingerprint density at radius 3 is 2.35 bits per heavy atom. The van der Waals surface area contributed by atoms with Crippen LogP contribution in [0.3, 0.4) is 0 Å². The third kappa shape index (κ3) is 2.75. The van der Waals surface area contributed by atoms with Crippen molar-refractivity contribution in [1.29, 1.82) is 0 Å². The molecule has 1 unspecified atom stereocenters. The lowest BCUT2D eigenvalue weighted by molar-refractivity contribution is -0.230. The van der Waals surface area contributed by atoms with E-state index in [4.69, 9.17) is 0 Å². The molecule has 3 rings (SSSR count). The van der Waals surface area contributed by atoms with Gasteiger partial charge in [0.25, 0.3) is 5.82 Å². The van der Waals surface area contributed by atoms with E-state index >= 15 is 0 Å². The number of carbonyl (C=O) groups excluding carboxylic acids is 1. The van der Waals surface area contributed by atoms with Crippen LogP contribution in [0.15, 0.2) is 4.52 Å². The van der Waals surface area contributed by atoms with Crippen molar-refractivity contribution in [3.63, 3.8) is 0 Å². The molecule has 0 bridgehead atoms. The fourth-order valence-corrected chi connectivity index (χ4v) is 2.79. The number of carbonyl (C=O) groups is 1. The first kappa shape index (κ1) is 16.0. The molecule has 1 aromatic heterocycles. The molecule has 12 heteroatoms. The average Bonchev–Trinajstić information content (AvgIpc) is 2.80. The zero-order valence-corrected chi connectivity index (χ0v) is 11.2. The first-order chi connectivity index (χ1) is 10.5. The Kier molecular flexibility index (Phi) is 3.36. The molecule has 0 aromatic carbocycles. The number of ether oxygens (including phenoxy) is 1. The molecular formula is C11H9F6N3O3. The van der Waals surface area contributed by atoms with Gasteiger partial charge in [0.2, 0.25) is 5.89 Å². The van der Waals surface area contributed by atoms with Gasteiger partial charge in [0.1, 0.15) is 0 Å². The fourth-order valence-electron chi connectivity index (χ4n) is 2.79. The summed E-state index contributed by atoms with van der Waals surface area (Å²) in [5.74, 6) is -4.45. The number of aromatic nitrogens is 2. The molecule has 1 saturated heterocycles. The Labute approximate surface area is 124 Å². The number of halogens is 6. The average molecular weight is 345 g/mol. The zero-order valence-electron chi connectivity index (χ0n) is 11.2. The van der Waals surface area contributed by atoms with Crippen LogP contribution in [-0.2, 0) is 15.7 Å². The molecule has 1 N–H and O–H groups in total. The van der Waals surface area contributed by atoms with E-state index in [9.17, 15) is 31.1 Å². The number of esters is 1. The molecule has 128 valence electrons. The molecule has 1 aliphatic carbocycles. The Morgan fingerprint density at radius 2 is 1.91 bits per heavy atom. The highest BCUT2D eigenvalue weighted by atomic mass is 19.4. The van der Waals surface area contributed by atoms with Gasteiger partial charge in [0.15, 0.2) is 6.23 Å². The van der Waals surface area contributed by atoms with Gasteiger partial charge in [-0.15, -0.1) is 0 Å². The van der Waals surface area contributed by atoms with Crippen LogP contribution in [-0.4, -0.2) is 35.1 Å². The largest absolute Gasteiger partial charge is 0.490 e. The van der Waals surface area contributed by atoms with Crippen LogP contribution < -0.4 is 5.32 Å². The van der Waals surface area contributed by atoms with Gasteiger partial charge in [-0.25, -0.2) is 4.79 Å². The van der Waals surface area contributed by atoms with Crippen LogP contribution in [0.5, 0.6) is 0 Å². The molecular weight excluding hydrogens is 336 g/mol. The van der Waals surface area contributed by atoms with Crippen molar-refractivity contribution in [2.45, 2.75) is 37.3 Å². The van der Waals surface area contributed by atoms with Gasteiger partial charge in [-0.05, 0) is 12.8 Å². The Balaban J connectivity index is 1.60. The van der Waals surface area contributed by atoms with Gasteiger partial charge in [-0.1, -0.05) is 5.16 Å². The first-order valence-corrected chi connectivity index (χ1v) is 6.43. The minimum Gasteiger partial charge on any atom is -0.439 e. The molecule has 2 fully saturated rings. The summed E-state index contributed by atoms with van der Waals surface area (Å²) in [5, 5.41) is 5.37. The molecule has 23 heavy (non-hydrogen) atoms. The summed E-state index contributed by atoms with van der Waals surface area (Å²) in [4.78, 5) is 14.0. The molecule has 0 radical (unpaired) electrons. The van der Waals surface area contributed by atoms with Gasteiger partial charge in [-0.2, -0.15) is 31.3 Å². The monoisotopic (exact) mass is 345 g/mol. The summed E-state index contributed by atoms with van der Waals surface area (Å²) >= 11 is 0. The maximum atomic E-state index is 12.4. The Hall–Kier alpha value is -1.85. The smallest absolute Gasteiger partial charge is 0.439 e. The second-order valence-corrected chi connectivity index (χ2v) is 5.59. The van der Waals surface area contributed by atoms with E-state index in [1.165, 1.54) is 0 Å². The summed E-state index contributed by atoms with van der Waals surface area (Å²) in [6.45, 7) is 0.291. The lowest BCUT2D eigenvalue weighted by Gasteiger charge is -2.57. The maximum Gasteiger partial charge on any atom is 0.490 e. The predicted octanol–water partition coefficient (Wildman–Crippen LogP) is 1.99. The second-order valence-electron chi connectivity index (χ2n) is 5.59. The third-order valence-corrected chi connectivity index (χ3v) is 4.00.